The number of fused-ring (bicyclic) bond motifs is 1. The van der Waals surface area contributed by atoms with Crippen LogP contribution in [0.2, 0.25) is 0 Å². The molecule has 0 bridgehead atoms. The number of benzene rings is 2. The van der Waals surface area contributed by atoms with Gasteiger partial charge in [-0.1, -0.05) is 51.4 Å². The first-order valence-electron chi connectivity index (χ1n) is 9.01. The zero-order valence-electron chi connectivity index (χ0n) is 15.6. The summed E-state index contributed by atoms with van der Waals surface area (Å²) in [6.07, 6.45) is 0.527. The van der Waals surface area contributed by atoms with E-state index >= 15 is 0 Å². The van der Waals surface area contributed by atoms with Crippen LogP contribution in [0.15, 0.2) is 63.6 Å². The van der Waals surface area contributed by atoms with Gasteiger partial charge in [0.05, 0.1) is 5.69 Å². The molecule has 1 aliphatic rings. The topological polar surface area (TPSA) is 84.7 Å². The highest BCUT2D eigenvalue weighted by molar-refractivity contribution is 9.10. The Kier molecular flexibility index (Phi) is 5.35. The Labute approximate surface area is 175 Å². The first-order chi connectivity index (χ1) is 14.0. The third kappa shape index (κ3) is 4.17. The molecule has 2 aromatic carbocycles. The molecule has 1 atom stereocenters. The molecule has 1 aromatic heterocycles. The number of aromatic nitrogens is 1. The fourth-order valence-corrected chi connectivity index (χ4v) is 3.46. The Bertz CT molecular complexity index is 1050. The maximum absolute atomic E-state index is 12.8. The number of carbonyl (C=O) groups excluding carboxylic acids is 2. The number of rotatable bonds is 4. The molecule has 3 aromatic rings. The van der Waals surface area contributed by atoms with Gasteiger partial charge in [-0.15, -0.1) is 0 Å². The van der Waals surface area contributed by atoms with Crippen LogP contribution in [0.5, 0.6) is 5.75 Å². The number of anilines is 1. The first-order valence-corrected chi connectivity index (χ1v) is 9.81. The molecule has 0 aliphatic carbocycles. The van der Waals surface area contributed by atoms with E-state index < -0.39 is 11.9 Å². The summed E-state index contributed by atoms with van der Waals surface area (Å²) in [4.78, 5) is 26.9. The van der Waals surface area contributed by atoms with Gasteiger partial charge in [0, 0.05) is 24.0 Å². The lowest BCUT2D eigenvalue weighted by molar-refractivity contribution is -0.120. The minimum atomic E-state index is -0.840. The lowest BCUT2D eigenvalue weighted by atomic mass is 10.1. The number of halogens is 1. The van der Waals surface area contributed by atoms with E-state index in [1.54, 1.807) is 25.2 Å². The van der Waals surface area contributed by atoms with Gasteiger partial charge in [0.25, 0.3) is 11.8 Å². The summed E-state index contributed by atoms with van der Waals surface area (Å²) >= 11 is 3.39. The monoisotopic (exact) mass is 455 g/mol. The Hall–Kier alpha value is -3.13. The zero-order chi connectivity index (χ0) is 20.4. The van der Waals surface area contributed by atoms with E-state index in [9.17, 15) is 9.59 Å². The second-order valence-electron chi connectivity index (χ2n) is 6.69. The van der Waals surface area contributed by atoms with Crippen molar-refractivity contribution in [3.8, 4) is 5.75 Å². The van der Waals surface area contributed by atoms with Crippen molar-refractivity contribution in [1.29, 1.82) is 0 Å². The van der Waals surface area contributed by atoms with Crippen molar-refractivity contribution in [2.24, 2.45) is 0 Å². The van der Waals surface area contributed by atoms with Crippen LogP contribution in [-0.2, 0) is 11.2 Å². The van der Waals surface area contributed by atoms with Crippen LogP contribution in [-0.4, -0.2) is 36.7 Å². The van der Waals surface area contributed by atoms with E-state index in [1.807, 2.05) is 36.4 Å². The second kappa shape index (κ2) is 8.08. The third-order valence-electron chi connectivity index (χ3n) is 4.63. The van der Waals surface area contributed by atoms with Gasteiger partial charge in [-0.25, -0.2) is 0 Å². The van der Waals surface area contributed by atoms with Crippen molar-refractivity contribution in [3.63, 3.8) is 0 Å². The highest BCUT2D eigenvalue weighted by Crippen LogP contribution is 2.33. The molecule has 0 fully saturated rings. The van der Waals surface area contributed by atoms with E-state index in [2.05, 4.69) is 26.4 Å². The Balaban J connectivity index is 1.45. The van der Waals surface area contributed by atoms with Gasteiger partial charge >= 0.3 is 0 Å². The molecule has 1 aliphatic heterocycles. The first kappa shape index (κ1) is 19.2. The predicted molar refractivity (Wildman–Crippen MR) is 110 cm³/mol. The van der Waals surface area contributed by atoms with Crippen molar-refractivity contribution < 1.29 is 18.8 Å². The summed E-state index contributed by atoms with van der Waals surface area (Å²) in [6, 6.07) is 15.9. The molecule has 0 saturated carbocycles. The summed E-state index contributed by atoms with van der Waals surface area (Å²) in [7, 11) is 1.65. The van der Waals surface area contributed by atoms with E-state index in [4.69, 9.17) is 9.26 Å². The summed E-state index contributed by atoms with van der Waals surface area (Å²) in [5, 5.41) is 6.53. The fourth-order valence-electron chi connectivity index (χ4n) is 3.11. The van der Waals surface area contributed by atoms with Gasteiger partial charge in [0.15, 0.2) is 5.69 Å². The van der Waals surface area contributed by atoms with Gasteiger partial charge in [-0.2, -0.15) is 0 Å². The highest BCUT2D eigenvalue weighted by atomic mass is 79.9. The van der Waals surface area contributed by atoms with Crippen LogP contribution in [0.1, 0.15) is 21.8 Å². The van der Waals surface area contributed by atoms with Crippen molar-refractivity contribution in [3.05, 3.63) is 76.1 Å². The molecule has 8 heteroatoms. The van der Waals surface area contributed by atoms with Crippen LogP contribution in [0.25, 0.3) is 0 Å². The summed E-state index contributed by atoms with van der Waals surface area (Å²) < 4.78 is 11.8. The maximum atomic E-state index is 12.8. The number of likely N-dealkylation sites (N-methyl/N-ethyl adjacent to an activating group) is 1. The van der Waals surface area contributed by atoms with Crippen LogP contribution >= 0.6 is 15.9 Å². The minimum absolute atomic E-state index is 0.0261. The van der Waals surface area contributed by atoms with E-state index in [-0.39, 0.29) is 18.2 Å². The molecule has 0 radical (unpaired) electrons. The van der Waals surface area contributed by atoms with Crippen molar-refractivity contribution in [2.45, 2.75) is 12.5 Å². The lowest BCUT2D eigenvalue weighted by Crippen LogP contribution is -2.49. The summed E-state index contributed by atoms with van der Waals surface area (Å²) in [5.41, 5.74) is 1.80. The van der Waals surface area contributed by atoms with Crippen LogP contribution in [0.4, 0.5) is 5.69 Å². The molecular formula is C21H18BrN3O4. The quantitative estimate of drug-likeness (QED) is 0.652. The Morgan fingerprint density at radius 2 is 2.03 bits per heavy atom. The highest BCUT2D eigenvalue weighted by Gasteiger charge is 2.31. The SMILES string of the molecule is CN1C(=O)C(NC(=O)c2cc(Cc3ccccc3)on2)COc2ccc(Br)cc21. The molecule has 2 amide bonds. The molecule has 1 unspecified atom stereocenters. The molecule has 2 heterocycles. The fraction of sp³-hybridized carbons (Fsp3) is 0.190. The van der Waals surface area contributed by atoms with Crippen molar-refractivity contribution in [1.82, 2.24) is 10.5 Å². The molecule has 7 nitrogen and oxygen atoms in total. The Morgan fingerprint density at radius 3 is 2.83 bits per heavy atom. The molecule has 29 heavy (non-hydrogen) atoms. The second-order valence-corrected chi connectivity index (χ2v) is 7.60. The maximum Gasteiger partial charge on any atom is 0.274 e. The van der Waals surface area contributed by atoms with Crippen LogP contribution < -0.4 is 15.0 Å². The van der Waals surface area contributed by atoms with Gasteiger partial charge in [0.1, 0.15) is 24.2 Å². The molecule has 1 N–H and O–H groups in total. The average Bonchev–Trinajstić information content (AvgIpc) is 3.16. The number of hydrogen-bond acceptors (Lipinski definition) is 5. The largest absolute Gasteiger partial charge is 0.489 e. The summed E-state index contributed by atoms with van der Waals surface area (Å²) in [5.74, 6) is 0.380. The number of amides is 2. The predicted octanol–water partition coefficient (Wildman–Crippen LogP) is 3.18. The van der Waals surface area contributed by atoms with Crippen LogP contribution in [0, 0.1) is 0 Å². The van der Waals surface area contributed by atoms with Gasteiger partial charge in [0.2, 0.25) is 0 Å². The average molecular weight is 456 g/mol. The Morgan fingerprint density at radius 1 is 1.24 bits per heavy atom. The van der Waals surface area contributed by atoms with Gasteiger partial charge in [-0.05, 0) is 23.8 Å². The minimum Gasteiger partial charge on any atom is -0.489 e. The standard InChI is InChI=1S/C21H18BrN3O4/c1-25-18-10-14(22)7-8-19(18)28-12-17(21(25)27)23-20(26)16-11-15(29-24-16)9-13-5-3-2-4-6-13/h2-8,10-11,17H,9,12H2,1H3,(H,23,26). The third-order valence-corrected chi connectivity index (χ3v) is 5.13. The molecular weight excluding hydrogens is 438 g/mol. The normalized spacial score (nSPS) is 16.0. The number of nitrogens with one attached hydrogen (secondary N) is 1. The number of ether oxygens (including phenoxy) is 1. The van der Waals surface area contributed by atoms with Gasteiger partial charge < -0.3 is 19.5 Å². The molecule has 4 rings (SSSR count). The number of carbonyl (C=O) groups is 2. The van der Waals surface area contributed by atoms with Crippen LogP contribution in [0.3, 0.4) is 0 Å². The zero-order valence-corrected chi connectivity index (χ0v) is 17.2. The van der Waals surface area contributed by atoms with E-state index in [0.29, 0.717) is 23.6 Å². The van der Waals surface area contributed by atoms with Crippen molar-refractivity contribution in [2.75, 3.05) is 18.6 Å². The van der Waals surface area contributed by atoms with E-state index in [1.165, 1.54) is 4.90 Å². The molecule has 0 saturated heterocycles. The lowest BCUT2D eigenvalue weighted by Gasteiger charge is -2.20. The smallest absolute Gasteiger partial charge is 0.274 e. The van der Waals surface area contributed by atoms with Gasteiger partial charge in [-0.3, -0.25) is 9.59 Å². The molecule has 148 valence electrons. The summed E-state index contributed by atoms with van der Waals surface area (Å²) in [6.45, 7) is 0.0261. The van der Waals surface area contributed by atoms with E-state index in [0.717, 1.165) is 10.0 Å². The number of hydrogen-bond donors (Lipinski definition) is 1. The number of nitrogens with zero attached hydrogens (tertiary/aromatic N) is 2. The molecule has 0 spiro atoms. The van der Waals surface area contributed by atoms with Crippen molar-refractivity contribution >= 4 is 33.4 Å².